The van der Waals surface area contributed by atoms with Gasteiger partial charge in [-0.05, 0) is 36.1 Å². The summed E-state index contributed by atoms with van der Waals surface area (Å²) in [6.45, 7) is 2.26. The second kappa shape index (κ2) is 9.62. The van der Waals surface area contributed by atoms with Gasteiger partial charge in [0.2, 0.25) is 0 Å². The van der Waals surface area contributed by atoms with Crippen LogP contribution in [-0.4, -0.2) is 61.9 Å². The zero-order chi connectivity index (χ0) is 21.7. The average Bonchev–Trinajstić information content (AvgIpc) is 3.43. The van der Waals surface area contributed by atoms with Crippen LogP contribution >= 0.6 is 11.3 Å². The summed E-state index contributed by atoms with van der Waals surface area (Å²) in [6.07, 6.45) is 0.576. The number of amides is 3. The molecule has 1 aliphatic heterocycles. The second-order valence-electron chi connectivity index (χ2n) is 6.79. The van der Waals surface area contributed by atoms with E-state index in [-0.39, 0.29) is 24.5 Å². The van der Waals surface area contributed by atoms with E-state index in [4.69, 9.17) is 9.47 Å². The predicted octanol–water partition coefficient (Wildman–Crippen LogP) is 3.10. The summed E-state index contributed by atoms with van der Waals surface area (Å²) in [5, 5.41) is 10.8. The zero-order valence-electron chi connectivity index (χ0n) is 17.5. The van der Waals surface area contributed by atoms with Gasteiger partial charge in [-0.2, -0.15) is 5.10 Å². The van der Waals surface area contributed by atoms with Gasteiger partial charge in [-0.1, -0.05) is 12.1 Å². The number of thiophene rings is 1. The zero-order valence-corrected chi connectivity index (χ0v) is 18.4. The molecule has 0 unspecified atom stereocenters. The van der Waals surface area contributed by atoms with Crippen molar-refractivity contribution in [3.8, 4) is 11.5 Å². The Morgan fingerprint density at radius 3 is 2.67 bits per heavy atom. The molecule has 3 amide bonds. The van der Waals surface area contributed by atoms with E-state index in [0.29, 0.717) is 24.5 Å². The minimum Gasteiger partial charge on any atom is -0.493 e. The number of carbonyl (C=O) groups is 2. The highest BCUT2D eigenvalue weighted by Crippen LogP contribution is 2.37. The Bertz CT molecular complexity index is 929. The lowest BCUT2D eigenvalue weighted by Crippen LogP contribution is -2.43. The standard InChI is InChI=1S/C21H26N4O4S/c1-5-22-21(27)24(2)13-20(26)25-16(12-15(23-25)19-7-6-10-30-19)14-8-9-17(28-3)18(11-14)29-4/h6-11,16H,5,12-13H2,1-4H3,(H,22,27)/t16-/m0/s1. The first-order valence-electron chi connectivity index (χ1n) is 9.62. The van der Waals surface area contributed by atoms with Crippen LogP contribution in [0.2, 0.25) is 0 Å². The van der Waals surface area contributed by atoms with Crippen LogP contribution in [0.15, 0.2) is 40.8 Å². The molecule has 1 N–H and O–H groups in total. The van der Waals surface area contributed by atoms with Gasteiger partial charge in [0, 0.05) is 20.0 Å². The largest absolute Gasteiger partial charge is 0.493 e. The van der Waals surface area contributed by atoms with Crippen molar-refractivity contribution in [3.05, 3.63) is 46.2 Å². The summed E-state index contributed by atoms with van der Waals surface area (Å²) in [5.74, 6) is 0.953. The number of nitrogens with zero attached hydrogens (tertiary/aromatic N) is 3. The van der Waals surface area contributed by atoms with Crippen LogP contribution in [0, 0.1) is 0 Å². The fraction of sp³-hybridized carbons (Fsp3) is 0.381. The molecule has 3 rings (SSSR count). The lowest BCUT2D eigenvalue weighted by atomic mass is 10.0. The molecular formula is C21H26N4O4S. The van der Waals surface area contributed by atoms with Gasteiger partial charge in [-0.25, -0.2) is 9.80 Å². The van der Waals surface area contributed by atoms with Crippen LogP contribution < -0.4 is 14.8 Å². The van der Waals surface area contributed by atoms with Crippen LogP contribution in [0.1, 0.15) is 29.8 Å². The molecule has 0 fully saturated rings. The molecule has 1 atom stereocenters. The van der Waals surface area contributed by atoms with Gasteiger partial charge >= 0.3 is 6.03 Å². The minimum atomic E-state index is -0.296. The van der Waals surface area contributed by atoms with Crippen molar-refractivity contribution in [1.82, 2.24) is 15.2 Å². The molecule has 160 valence electrons. The first-order chi connectivity index (χ1) is 14.5. The van der Waals surface area contributed by atoms with Gasteiger partial charge in [0.15, 0.2) is 11.5 Å². The van der Waals surface area contributed by atoms with E-state index in [1.54, 1.807) is 32.6 Å². The number of methoxy groups -OCH3 is 2. The first-order valence-corrected chi connectivity index (χ1v) is 10.5. The number of ether oxygens (including phenoxy) is 2. The summed E-state index contributed by atoms with van der Waals surface area (Å²) in [6, 6.07) is 8.95. The third-order valence-electron chi connectivity index (χ3n) is 4.81. The van der Waals surface area contributed by atoms with Gasteiger partial charge in [-0.15, -0.1) is 11.3 Å². The lowest BCUT2D eigenvalue weighted by molar-refractivity contribution is -0.133. The number of likely N-dealkylation sites (N-methyl/N-ethyl adjacent to an activating group) is 1. The van der Waals surface area contributed by atoms with Crippen LogP contribution in [0.25, 0.3) is 0 Å². The summed E-state index contributed by atoms with van der Waals surface area (Å²) in [7, 11) is 4.75. The molecule has 0 bridgehead atoms. The number of hydrazone groups is 1. The molecule has 1 aliphatic rings. The Balaban J connectivity index is 1.89. The van der Waals surface area contributed by atoms with E-state index in [2.05, 4.69) is 10.4 Å². The molecular weight excluding hydrogens is 404 g/mol. The highest BCUT2D eigenvalue weighted by molar-refractivity contribution is 7.12. The van der Waals surface area contributed by atoms with Gasteiger partial charge in [0.05, 0.1) is 30.9 Å². The van der Waals surface area contributed by atoms with Crippen molar-refractivity contribution in [1.29, 1.82) is 0 Å². The Kier molecular flexibility index (Phi) is 6.94. The van der Waals surface area contributed by atoms with E-state index >= 15 is 0 Å². The van der Waals surface area contributed by atoms with Gasteiger partial charge in [0.1, 0.15) is 6.54 Å². The predicted molar refractivity (Wildman–Crippen MR) is 116 cm³/mol. The highest BCUT2D eigenvalue weighted by Gasteiger charge is 2.34. The van der Waals surface area contributed by atoms with Crippen LogP contribution in [-0.2, 0) is 4.79 Å². The maximum absolute atomic E-state index is 13.1. The molecule has 1 aromatic carbocycles. The molecule has 9 heteroatoms. The maximum Gasteiger partial charge on any atom is 0.317 e. The quantitative estimate of drug-likeness (QED) is 0.732. The molecule has 30 heavy (non-hydrogen) atoms. The van der Waals surface area contributed by atoms with E-state index in [1.165, 1.54) is 9.91 Å². The van der Waals surface area contributed by atoms with Crippen LogP contribution in [0.3, 0.4) is 0 Å². The van der Waals surface area contributed by atoms with Gasteiger partial charge in [-0.3, -0.25) is 4.79 Å². The highest BCUT2D eigenvalue weighted by atomic mass is 32.1. The first kappa shape index (κ1) is 21.6. The number of urea groups is 1. The third kappa shape index (κ3) is 4.56. The number of hydrogen-bond acceptors (Lipinski definition) is 6. The van der Waals surface area contributed by atoms with Crippen molar-refractivity contribution in [2.45, 2.75) is 19.4 Å². The molecule has 0 saturated heterocycles. The Morgan fingerprint density at radius 2 is 2.03 bits per heavy atom. The fourth-order valence-electron chi connectivity index (χ4n) is 3.28. The minimum absolute atomic E-state index is 0.0726. The van der Waals surface area contributed by atoms with Crippen LogP contribution in [0.5, 0.6) is 11.5 Å². The average molecular weight is 431 g/mol. The third-order valence-corrected chi connectivity index (χ3v) is 5.73. The van der Waals surface area contributed by atoms with Crippen molar-refractivity contribution in [3.63, 3.8) is 0 Å². The molecule has 0 aliphatic carbocycles. The molecule has 0 spiro atoms. The normalized spacial score (nSPS) is 15.5. The van der Waals surface area contributed by atoms with Crippen molar-refractivity contribution < 1.29 is 19.1 Å². The maximum atomic E-state index is 13.1. The summed E-state index contributed by atoms with van der Waals surface area (Å²) < 4.78 is 10.8. The molecule has 8 nitrogen and oxygen atoms in total. The Hall–Kier alpha value is -3.07. The fourth-order valence-corrected chi connectivity index (χ4v) is 4.01. The lowest BCUT2D eigenvalue weighted by Gasteiger charge is -2.25. The van der Waals surface area contributed by atoms with Crippen LogP contribution in [0.4, 0.5) is 4.79 Å². The van der Waals surface area contributed by atoms with E-state index in [1.807, 2.05) is 42.6 Å². The van der Waals surface area contributed by atoms with Crippen molar-refractivity contribution in [2.75, 3.05) is 34.4 Å². The molecule has 0 radical (unpaired) electrons. The molecule has 1 aromatic heterocycles. The van der Waals surface area contributed by atoms with E-state index in [0.717, 1.165) is 16.2 Å². The van der Waals surface area contributed by atoms with Gasteiger partial charge < -0.3 is 19.7 Å². The van der Waals surface area contributed by atoms with E-state index < -0.39 is 0 Å². The Morgan fingerprint density at radius 1 is 1.27 bits per heavy atom. The monoisotopic (exact) mass is 430 g/mol. The number of hydrogen-bond donors (Lipinski definition) is 1. The number of nitrogens with one attached hydrogen (secondary N) is 1. The number of benzene rings is 1. The second-order valence-corrected chi connectivity index (χ2v) is 7.74. The number of carbonyl (C=O) groups excluding carboxylic acids is 2. The number of rotatable bonds is 7. The molecule has 2 heterocycles. The van der Waals surface area contributed by atoms with Crippen molar-refractivity contribution >= 4 is 29.0 Å². The van der Waals surface area contributed by atoms with Gasteiger partial charge in [0.25, 0.3) is 5.91 Å². The Labute approximate surface area is 180 Å². The SMILES string of the molecule is CCNC(=O)N(C)CC(=O)N1N=C(c2cccs2)C[C@H]1c1ccc(OC)c(OC)c1. The molecule has 2 aromatic rings. The molecule has 0 saturated carbocycles. The topological polar surface area (TPSA) is 83.5 Å². The van der Waals surface area contributed by atoms with Crippen molar-refractivity contribution in [2.24, 2.45) is 5.10 Å². The summed E-state index contributed by atoms with van der Waals surface area (Å²) in [5.41, 5.74) is 1.73. The smallest absolute Gasteiger partial charge is 0.317 e. The summed E-state index contributed by atoms with van der Waals surface area (Å²) in [4.78, 5) is 27.5. The summed E-state index contributed by atoms with van der Waals surface area (Å²) >= 11 is 1.58. The van der Waals surface area contributed by atoms with E-state index in [9.17, 15) is 9.59 Å².